The number of hydrogen-bond donors (Lipinski definition) is 0. The molecule has 1 aliphatic heterocycles. The van der Waals surface area contributed by atoms with Gasteiger partial charge in [0.2, 0.25) is 5.91 Å². The zero-order chi connectivity index (χ0) is 21.7. The van der Waals surface area contributed by atoms with Gasteiger partial charge in [0.25, 0.3) is 0 Å². The number of hydrogen-bond acceptors (Lipinski definition) is 6. The highest BCUT2D eigenvalue weighted by atomic mass is 32.2. The van der Waals surface area contributed by atoms with Crippen molar-refractivity contribution in [2.24, 2.45) is 0 Å². The van der Waals surface area contributed by atoms with Crippen LogP contribution in [0.5, 0.6) is 0 Å². The Morgan fingerprint density at radius 1 is 1.00 bits per heavy atom. The Morgan fingerprint density at radius 2 is 1.69 bits per heavy atom. The lowest BCUT2D eigenvalue weighted by atomic mass is 9.97. The predicted octanol–water partition coefficient (Wildman–Crippen LogP) is 6.80. The molecule has 4 aromatic rings. The Kier molecular flexibility index (Phi) is 5.20. The van der Waals surface area contributed by atoms with E-state index in [1.165, 1.54) is 28.7 Å². The van der Waals surface area contributed by atoms with E-state index in [0.717, 1.165) is 49.7 Å². The van der Waals surface area contributed by atoms with Crippen LogP contribution in [-0.4, -0.2) is 21.6 Å². The van der Waals surface area contributed by atoms with Gasteiger partial charge in [-0.1, -0.05) is 47.8 Å². The molecule has 0 spiro atoms. The van der Waals surface area contributed by atoms with Gasteiger partial charge in [0, 0.05) is 20.1 Å². The zero-order valence-electron chi connectivity index (χ0n) is 17.6. The molecule has 0 bridgehead atoms. The van der Waals surface area contributed by atoms with Crippen molar-refractivity contribution < 1.29 is 4.79 Å². The van der Waals surface area contributed by atoms with Crippen molar-refractivity contribution in [3.05, 3.63) is 64.8 Å². The number of para-hydroxylation sites is 2. The Labute approximate surface area is 199 Å². The lowest BCUT2D eigenvalue weighted by molar-refractivity contribution is -0.115. The number of carbonyl (C=O) groups excluding carboxylic acids is 1. The summed E-state index contributed by atoms with van der Waals surface area (Å²) < 4.78 is 0. The van der Waals surface area contributed by atoms with Crippen LogP contribution in [0.4, 0.5) is 11.4 Å². The van der Waals surface area contributed by atoms with Crippen molar-refractivity contribution in [1.82, 2.24) is 9.97 Å². The van der Waals surface area contributed by atoms with Crippen molar-refractivity contribution in [1.29, 1.82) is 0 Å². The highest BCUT2D eigenvalue weighted by molar-refractivity contribution is 8.00. The first kappa shape index (κ1) is 20.3. The van der Waals surface area contributed by atoms with E-state index in [2.05, 4.69) is 12.1 Å². The number of amides is 1. The van der Waals surface area contributed by atoms with Crippen molar-refractivity contribution in [3.8, 4) is 0 Å². The molecule has 0 N–H and O–H groups in total. The minimum absolute atomic E-state index is 0.0729. The highest BCUT2D eigenvalue weighted by Crippen LogP contribution is 2.48. The molecule has 2 aromatic heterocycles. The van der Waals surface area contributed by atoms with Crippen molar-refractivity contribution in [3.63, 3.8) is 0 Å². The van der Waals surface area contributed by atoms with Gasteiger partial charge in [-0.2, -0.15) is 0 Å². The number of nitrogens with zero attached hydrogens (tertiary/aromatic N) is 3. The van der Waals surface area contributed by atoms with Gasteiger partial charge in [-0.05, 0) is 62.4 Å². The Bertz CT molecular complexity index is 1320. The molecule has 1 amide bonds. The molecule has 2 aliphatic rings. The summed E-state index contributed by atoms with van der Waals surface area (Å²) in [4.78, 5) is 29.7. The van der Waals surface area contributed by atoms with E-state index in [4.69, 9.17) is 9.97 Å². The second-order valence-corrected chi connectivity index (χ2v) is 11.2. The standard InChI is InChI=1S/C25H21N3OS3/c1-15-26-24(23-16-8-2-5-11-19(16)32-25(23)27-15)30-14-22(29)28-17-9-3-6-12-20(17)31-21-13-7-4-10-18(21)28/h3-4,6-7,9-10,12-13H,2,5,8,11,14H2,1H3. The van der Waals surface area contributed by atoms with E-state index in [9.17, 15) is 4.79 Å². The minimum Gasteiger partial charge on any atom is -0.278 e. The first-order valence-corrected chi connectivity index (χ1v) is 13.4. The van der Waals surface area contributed by atoms with Crippen LogP contribution in [0.2, 0.25) is 0 Å². The smallest absolute Gasteiger partial charge is 0.242 e. The van der Waals surface area contributed by atoms with E-state index >= 15 is 0 Å². The van der Waals surface area contributed by atoms with Crippen LogP contribution in [0, 0.1) is 6.92 Å². The summed E-state index contributed by atoms with van der Waals surface area (Å²) in [5, 5.41) is 2.14. The monoisotopic (exact) mass is 475 g/mol. The van der Waals surface area contributed by atoms with Gasteiger partial charge in [-0.3, -0.25) is 9.69 Å². The summed E-state index contributed by atoms with van der Waals surface area (Å²) in [6.45, 7) is 1.94. The number of aromatic nitrogens is 2. The number of carbonyl (C=O) groups is 1. The normalized spacial score (nSPS) is 14.7. The maximum absolute atomic E-state index is 13.6. The third-order valence-electron chi connectivity index (χ3n) is 5.91. The number of thiophene rings is 1. The first-order valence-electron chi connectivity index (χ1n) is 10.8. The summed E-state index contributed by atoms with van der Waals surface area (Å²) >= 11 is 5.08. The minimum atomic E-state index is 0.0729. The van der Waals surface area contributed by atoms with E-state index < -0.39 is 0 Å². The number of rotatable bonds is 3. The van der Waals surface area contributed by atoms with Gasteiger partial charge in [-0.15, -0.1) is 11.3 Å². The van der Waals surface area contributed by atoms with Gasteiger partial charge in [0.1, 0.15) is 15.7 Å². The summed E-state index contributed by atoms with van der Waals surface area (Å²) in [5.41, 5.74) is 3.33. The van der Waals surface area contributed by atoms with E-state index in [1.807, 2.05) is 59.6 Å². The number of thioether (sulfide) groups is 1. The fourth-order valence-corrected chi connectivity index (χ4v) is 7.88. The molecule has 0 unspecified atom stereocenters. The van der Waals surface area contributed by atoms with Crippen LogP contribution in [0.3, 0.4) is 0 Å². The van der Waals surface area contributed by atoms with Gasteiger partial charge in [0.15, 0.2) is 0 Å². The molecule has 0 atom stereocenters. The van der Waals surface area contributed by atoms with Crippen molar-refractivity contribution in [2.45, 2.75) is 47.4 Å². The summed E-state index contributed by atoms with van der Waals surface area (Å²) in [6.07, 6.45) is 4.69. The largest absolute Gasteiger partial charge is 0.278 e. The SMILES string of the molecule is Cc1nc(SCC(=O)N2c3ccccc3Sc3ccccc32)c2c3c(sc2n1)CCCC3. The fourth-order valence-electron chi connectivity index (χ4n) is 4.50. The topological polar surface area (TPSA) is 46.1 Å². The lowest BCUT2D eigenvalue weighted by Gasteiger charge is -2.31. The van der Waals surface area contributed by atoms with Crippen LogP contribution in [0.1, 0.15) is 29.1 Å². The zero-order valence-corrected chi connectivity index (χ0v) is 20.1. The average molecular weight is 476 g/mol. The summed E-state index contributed by atoms with van der Waals surface area (Å²) in [6, 6.07) is 16.3. The van der Waals surface area contributed by atoms with Gasteiger partial charge in [-0.25, -0.2) is 9.97 Å². The van der Waals surface area contributed by atoms with Gasteiger partial charge < -0.3 is 0 Å². The number of aryl methyl sites for hydroxylation is 3. The van der Waals surface area contributed by atoms with E-state index in [0.29, 0.717) is 5.75 Å². The van der Waals surface area contributed by atoms with E-state index in [1.54, 1.807) is 23.5 Å². The maximum atomic E-state index is 13.6. The molecule has 3 heterocycles. The average Bonchev–Trinajstić information content (AvgIpc) is 3.19. The third-order valence-corrected chi connectivity index (χ3v) is 9.18. The Balaban J connectivity index is 1.35. The van der Waals surface area contributed by atoms with Crippen LogP contribution in [-0.2, 0) is 17.6 Å². The molecule has 0 fully saturated rings. The molecule has 4 nitrogen and oxygen atoms in total. The molecule has 0 radical (unpaired) electrons. The molecule has 2 aromatic carbocycles. The molecule has 7 heteroatoms. The number of benzene rings is 2. The van der Waals surface area contributed by atoms with Gasteiger partial charge >= 0.3 is 0 Å². The molecule has 1 aliphatic carbocycles. The second kappa shape index (κ2) is 8.21. The highest BCUT2D eigenvalue weighted by Gasteiger charge is 2.28. The molecule has 0 saturated heterocycles. The maximum Gasteiger partial charge on any atom is 0.242 e. The number of fused-ring (bicyclic) bond motifs is 5. The van der Waals surface area contributed by atoms with Crippen LogP contribution >= 0.6 is 34.9 Å². The Morgan fingerprint density at radius 3 is 2.44 bits per heavy atom. The molecule has 0 saturated carbocycles. The van der Waals surface area contributed by atoms with Crippen LogP contribution in [0.25, 0.3) is 10.2 Å². The first-order chi connectivity index (χ1) is 15.7. The summed E-state index contributed by atoms with van der Waals surface area (Å²) in [7, 11) is 0. The van der Waals surface area contributed by atoms with Crippen LogP contribution < -0.4 is 4.90 Å². The van der Waals surface area contributed by atoms with Crippen molar-refractivity contribution in [2.75, 3.05) is 10.7 Å². The second-order valence-electron chi connectivity index (χ2n) is 8.02. The molecule has 160 valence electrons. The molecular formula is C25H21N3OS3. The Hall–Kier alpha value is -2.35. The quantitative estimate of drug-likeness (QED) is 0.241. The molecule has 32 heavy (non-hydrogen) atoms. The predicted molar refractivity (Wildman–Crippen MR) is 134 cm³/mol. The van der Waals surface area contributed by atoms with Gasteiger partial charge in [0.05, 0.1) is 17.1 Å². The third kappa shape index (κ3) is 3.43. The van der Waals surface area contributed by atoms with Crippen LogP contribution in [0.15, 0.2) is 63.3 Å². The number of anilines is 2. The molecule has 6 rings (SSSR count). The molecular weight excluding hydrogens is 454 g/mol. The lowest BCUT2D eigenvalue weighted by Crippen LogP contribution is -2.30. The summed E-state index contributed by atoms with van der Waals surface area (Å²) in [5.74, 6) is 1.18. The van der Waals surface area contributed by atoms with E-state index in [-0.39, 0.29) is 5.91 Å². The fraction of sp³-hybridized carbons (Fsp3) is 0.240. The van der Waals surface area contributed by atoms with Crippen molar-refractivity contribution >= 4 is 62.4 Å².